The van der Waals surface area contributed by atoms with Crippen molar-refractivity contribution in [2.45, 2.75) is 18.7 Å². The standard InChI is InChI=1S/C21H17Cl2NO3S/c1-14-3-4-15(2)20(11-14)24-13-16-5-10-21(19(23)12-16)27-28(25,26)18-8-6-17(22)7-9-18/h3-13H,1-2H3. The lowest BCUT2D eigenvalue weighted by molar-refractivity contribution is 0.486. The summed E-state index contributed by atoms with van der Waals surface area (Å²) in [6.45, 7) is 3.99. The van der Waals surface area contributed by atoms with Crippen LogP contribution in [0.5, 0.6) is 5.75 Å². The zero-order valence-corrected chi connectivity index (χ0v) is 17.5. The molecule has 3 aromatic carbocycles. The maximum absolute atomic E-state index is 12.4. The van der Waals surface area contributed by atoms with Crippen LogP contribution >= 0.6 is 23.2 Å². The van der Waals surface area contributed by atoms with Gasteiger partial charge in [-0.1, -0.05) is 35.3 Å². The highest BCUT2D eigenvalue weighted by Crippen LogP contribution is 2.29. The van der Waals surface area contributed by atoms with Crippen LogP contribution in [0.4, 0.5) is 5.69 Å². The van der Waals surface area contributed by atoms with E-state index in [0.29, 0.717) is 5.02 Å². The number of hydrogen-bond donors (Lipinski definition) is 0. The van der Waals surface area contributed by atoms with Crippen molar-refractivity contribution in [1.82, 2.24) is 0 Å². The van der Waals surface area contributed by atoms with Crippen LogP contribution in [0.15, 0.2) is 70.6 Å². The molecule has 0 saturated carbocycles. The van der Waals surface area contributed by atoms with Crippen molar-refractivity contribution in [2.24, 2.45) is 4.99 Å². The highest BCUT2D eigenvalue weighted by atomic mass is 35.5. The van der Waals surface area contributed by atoms with Crippen LogP contribution in [0.2, 0.25) is 10.0 Å². The van der Waals surface area contributed by atoms with Crippen LogP contribution in [0.1, 0.15) is 16.7 Å². The van der Waals surface area contributed by atoms with E-state index in [1.165, 1.54) is 30.3 Å². The molecule has 4 nitrogen and oxygen atoms in total. The fraction of sp³-hybridized carbons (Fsp3) is 0.0952. The summed E-state index contributed by atoms with van der Waals surface area (Å²) in [6.07, 6.45) is 1.67. The van der Waals surface area contributed by atoms with Gasteiger partial charge in [-0.25, -0.2) is 0 Å². The zero-order valence-electron chi connectivity index (χ0n) is 15.2. The first-order valence-corrected chi connectivity index (χ1v) is 10.5. The predicted octanol–water partition coefficient (Wildman–Crippen LogP) is 6.13. The molecule has 0 heterocycles. The summed E-state index contributed by atoms with van der Waals surface area (Å²) in [4.78, 5) is 4.48. The smallest absolute Gasteiger partial charge is 0.339 e. The average molecular weight is 434 g/mol. The van der Waals surface area contributed by atoms with Crippen molar-refractivity contribution in [1.29, 1.82) is 0 Å². The van der Waals surface area contributed by atoms with Gasteiger partial charge in [0, 0.05) is 11.2 Å². The molecule has 0 atom stereocenters. The Kier molecular flexibility index (Phi) is 6.08. The monoisotopic (exact) mass is 433 g/mol. The maximum Gasteiger partial charge on any atom is 0.339 e. The van der Waals surface area contributed by atoms with E-state index in [1.54, 1.807) is 18.3 Å². The van der Waals surface area contributed by atoms with Gasteiger partial charge in [0.25, 0.3) is 0 Å². The number of aliphatic imine (C=N–C) groups is 1. The van der Waals surface area contributed by atoms with Crippen LogP contribution in [0.3, 0.4) is 0 Å². The van der Waals surface area contributed by atoms with Crippen molar-refractivity contribution >= 4 is 45.2 Å². The van der Waals surface area contributed by atoms with Crippen molar-refractivity contribution in [2.75, 3.05) is 0 Å². The molecule has 0 spiro atoms. The van der Waals surface area contributed by atoms with Crippen molar-refractivity contribution in [3.63, 3.8) is 0 Å². The Balaban J connectivity index is 1.81. The summed E-state index contributed by atoms with van der Waals surface area (Å²) in [5.41, 5.74) is 3.76. The first-order valence-electron chi connectivity index (χ1n) is 8.35. The molecule has 0 aliphatic heterocycles. The van der Waals surface area contributed by atoms with E-state index in [0.717, 1.165) is 22.4 Å². The van der Waals surface area contributed by atoms with Crippen molar-refractivity contribution in [3.8, 4) is 5.75 Å². The molecule has 3 rings (SSSR count). The molecule has 0 saturated heterocycles. The van der Waals surface area contributed by atoms with Crippen LogP contribution < -0.4 is 4.18 Å². The lowest BCUT2D eigenvalue weighted by Gasteiger charge is -2.09. The predicted molar refractivity (Wildman–Crippen MR) is 114 cm³/mol. The van der Waals surface area contributed by atoms with E-state index < -0.39 is 10.1 Å². The summed E-state index contributed by atoms with van der Waals surface area (Å²) >= 11 is 12.0. The van der Waals surface area contributed by atoms with E-state index in [9.17, 15) is 8.42 Å². The fourth-order valence-electron chi connectivity index (χ4n) is 2.44. The molecule has 0 aliphatic carbocycles. The second-order valence-electron chi connectivity index (χ2n) is 6.23. The molecule has 28 heavy (non-hydrogen) atoms. The van der Waals surface area contributed by atoms with E-state index in [-0.39, 0.29) is 15.7 Å². The first-order chi connectivity index (χ1) is 13.2. The highest BCUT2D eigenvalue weighted by Gasteiger charge is 2.18. The van der Waals surface area contributed by atoms with Gasteiger partial charge >= 0.3 is 10.1 Å². The minimum absolute atomic E-state index is 0.00599. The van der Waals surface area contributed by atoms with E-state index in [2.05, 4.69) is 4.99 Å². The number of benzene rings is 3. The zero-order chi connectivity index (χ0) is 20.3. The number of hydrogen-bond acceptors (Lipinski definition) is 4. The molecular weight excluding hydrogens is 417 g/mol. The quantitative estimate of drug-likeness (QED) is 0.359. The first kappa shape index (κ1) is 20.4. The topological polar surface area (TPSA) is 55.7 Å². The normalized spacial score (nSPS) is 11.7. The van der Waals surface area contributed by atoms with Gasteiger partial charge in [0.05, 0.1) is 10.7 Å². The second kappa shape index (κ2) is 8.35. The van der Waals surface area contributed by atoms with E-state index in [4.69, 9.17) is 27.4 Å². The number of aryl methyl sites for hydroxylation is 2. The molecule has 0 bridgehead atoms. The van der Waals surface area contributed by atoms with Gasteiger partial charge in [-0.3, -0.25) is 4.99 Å². The Hall–Kier alpha value is -2.34. The van der Waals surface area contributed by atoms with Gasteiger partial charge in [-0.2, -0.15) is 8.42 Å². The average Bonchev–Trinajstić information content (AvgIpc) is 2.65. The van der Waals surface area contributed by atoms with Crippen LogP contribution in [-0.4, -0.2) is 14.6 Å². The molecule has 0 fully saturated rings. The third kappa shape index (κ3) is 4.93. The summed E-state index contributed by atoms with van der Waals surface area (Å²) in [5, 5.41) is 0.604. The van der Waals surface area contributed by atoms with Crippen LogP contribution in [-0.2, 0) is 10.1 Å². The lowest BCUT2D eigenvalue weighted by Crippen LogP contribution is -2.10. The van der Waals surface area contributed by atoms with Crippen molar-refractivity contribution in [3.05, 3.63) is 87.4 Å². The molecule has 0 radical (unpaired) electrons. The number of nitrogens with zero attached hydrogens (tertiary/aromatic N) is 1. The van der Waals surface area contributed by atoms with Crippen LogP contribution in [0.25, 0.3) is 0 Å². The SMILES string of the molecule is Cc1ccc(C)c(N=Cc2ccc(OS(=O)(=O)c3ccc(Cl)cc3)c(Cl)c2)c1. The van der Waals surface area contributed by atoms with E-state index in [1.807, 2.05) is 32.0 Å². The third-order valence-electron chi connectivity index (χ3n) is 3.98. The molecule has 7 heteroatoms. The van der Waals surface area contributed by atoms with Gasteiger partial charge in [0.2, 0.25) is 0 Å². The largest absolute Gasteiger partial charge is 0.377 e. The molecule has 144 valence electrons. The van der Waals surface area contributed by atoms with Crippen molar-refractivity contribution < 1.29 is 12.6 Å². The Morgan fingerprint density at radius 3 is 2.32 bits per heavy atom. The maximum atomic E-state index is 12.4. The minimum Gasteiger partial charge on any atom is -0.377 e. The molecule has 0 aromatic heterocycles. The van der Waals surface area contributed by atoms with Gasteiger partial charge < -0.3 is 4.18 Å². The second-order valence-corrected chi connectivity index (χ2v) is 8.62. The molecule has 0 N–H and O–H groups in total. The Labute approximate surface area is 174 Å². The summed E-state index contributed by atoms with van der Waals surface area (Å²) < 4.78 is 29.9. The molecule has 0 aliphatic rings. The Bertz CT molecular complexity index is 1140. The fourth-order valence-corrected chi connectivity index (χ4v) is 3.78. The summed E-state index contributed by atoms with van der Waals surface area (Å²) in [5.74, 6) is 0.0421. The minimum atomic E-state index is -4.01. The summed E-state index contributed by atoms with van der Waals surface area (Å²) in [6, 6.07) is 16.5. The summed E-state index contributed by atoms with van der Waals surface area (Å²) in [7, 11) is -4.01. The van der Waals surface area contributed by atoms with Gasteiger partial charge in [0.1, 0.15) is 4.90 Å². The Morgan fingerprint density at radius 2 is 1.64 bits per heavy atom. The molecule has 0 unspecified atom stereocenters. The van der Waals surface area contributed by atoms with E-state index >= 15 is 0 Å². The lowest BCUT2D eigenvalue weighted by atomic mass is 10.1. The number of halogens is 2. The highest BCUT2D eigenvalue weighted by molar-refractivity contribution is 7.87. The molecule has 3 aromatic rings. The van der Waals surface area contributed by atoms with Gasteiger partial charge in [-0.05, 0) is 79.1 Å². The molecular formula is C21H17Cl2NO3S. The Morgan fingerprint density at radius 1 is 0.929 bits per heavy atom. The third-order valence-corrected chi connectivity index (χ3v) is 5.77. The van der Waals surface area contributed by atoms with Crippen LogP contribution in [0, 0.1) is 13.8 Å². The number of rotatable bonds is 5. The van der Waals surface area contributed by atoms with Gasteiger partial charge in [-0.15, -0.1) is 0 Å². The molecule has 0 amide bonds. The van der Waals surface area contributed by atoms with Gasteiger partial charge in [0.15, 0.2) is 5.75 Å².